The fourth-order valence-corrected chi connectivity index (χ4v) is 2.88. The summed E-state index contributed by atoms with van der Waals surface area (Å²) in [6.07, 6.45) is 22.9. The molecule has 0 saturated carbocycles. The first-order chi connectivity index (χ1) is 10.5. The molecule has 2 unspecified atom stereocenters. The van der Waals surface area contributed by atoms with Gasteiger partial charge in [-0.05, 0) is 43.2 Å². The van der Waals surface area contributed by atoms with Crippen LogP contribution in [0.2, 0.25) is 0 Å². The lowest BCUT2D eigenvalue weighted by Gasteiger charge is -2.26. The van der Waals surface area contributed by atoms with Crippen LogP contribution in [0.3, 0.4) is 0 Å². The summed E-state index contributed by atoms with van der Waals surface area (Å²) in [6.45, 7) is 9.33. The second-order valence-corrected chi connectivity index (χ2v) is 9.23. The zero-order valence-electron chi connectivity index (χ0n) is 16.0. The molecule has 0 N–H and O–H groups in total. The van der Waals surface area contributed by atoms with Crippen molar-refractivity contribution in [2.45, 2.75) is 116 Å². The van der Waals surface area contributed by atoms with Gasteiger partial charge in [0.15, 0.2) is 0 Å². The van der Waals surface area contributed by atoms with E-state index in [-0.39, 0.29) is 0 Å². The van der Waals surface area contributed by atoms with Crippen molar-refractivity contribution in [1.29, 1.82) is 0 Å². The monoisotopic (exact) mass is 326 g/mol. The lowest BCUT2D eigenvalue weighted by Crippen LogP contribution is -2.20. The van der Waals surface area contributed by atoms with Crippen LogP contribution in [0.15, 0.2) is 12.2 Å². The summed E-state index contributed by atoms with van der Waals surface area (Å²) in [5, 5.41) is 0.402. The standard InChI is InChI=1S/C21H43P/c1-5-6-7-8-9-10-11-12-13-14-15-16-17-18-19-20(2)21(3,4)22/h12-13,20H,5-11,14-19,22H2,1-4H3/b13-12-. The van der Waals surface area contributed by atoms with Gasteiger partial charge in [-0.2, -0.15) is 0 Å². The third-order valence-electron chi connectivity index (χ3n) is 4.92. The third-order valence-corrected chi connectivity index (χ3v) is 5.49. The molecular formula is C21H43P. The van der Waals surface area contributed by atoms with E-state index in [0.29, 0.717) is 5.16 Å². The molecular weight excluding hydrogens is 283 g/mol. The molecule has 0 saturated heterocycles. The van der Waals surface area contributed by atoms with E-state index in [0.717, 1.165) is 5.92 Å². The predicted octanol–water partition coefficient (Wildman–Crippen LogP) is 7.92. The smallest absolute Gasteiger partial charge is 0.0181 e. The van der Waals surface area contributed by atoms with Gasteiger partial charge in [-0.3, -0.25) is 0 Å². The maximum Gasteiger partial charge on any atom is -0.0181 e. The molecule has 0 aliphatic heterocycles. The largest absolute Gasteiger partial charge is 0.131 e. The second-order valence-electron chi connectivity index (χ2n) is 7.74. The zero-order valence-corrected chi connectivity index (χ0v) is 17.2. The van der Waals surface area contributed by atoms with Crippen LogP contribution in [0, 0.1) is 5.92 Å². The Morgan fingerprint density at radius 1 is 0.773 bits per heavy atom. The third kappa shape index (κ3) is 15.1. The Kier molecular flexibility index (Phi) is 14.9. The first-order valence-corrected chi connectivity index (χ1v) is 10.5. The van der Waals surface area contributed by atoms with Crippen LogP contribution >= 0.6 is 9.24 Å². The molecule has 132 valence electrons. The van der Waals surface area contributed by atoms with Crippen LogP contribution in [-0.4, -0.2) is 5.16 Å². The number of hydrogen-bond acceptors (Lipinski definition) is 0. The van der Waals surface area contributed by atoms with Crippen LogP contribution in [0.25, 0.3) is 0 Å². The van der Waals surface area contributed by atoms with E-state index in [1.54, 1.807) is 0 Å². The van der Waals surface area contributed by atoms with Gasteiger partial charge in [0.25, 0.3) is 0 Å². The first-order valence-electron chi connectivity index (χ1n) is 9.92. The van der Waals surface area contributed by atoms with Crippen molar-refractivity contribution in [2.75, 3.05) is 0 Å². The van der Waals surface area contributed by atoms with Crippen molar-refractivity contribution in [3.05, 3.63) is 12.2 Å². The lowest BCUT2D eigenvalue weighted by molar-refractivity contribution is 0.408. The highest BCUT2D eigenvalue weighted by Gasteiger charge is 2.19. The van der Waals surface area contributed by atoms with Crippen molar-refractivity contribution in [3.63, 3.8) is 0 Å². The Morgan fingerprint density at radius 3 is 1.73 bits per heavy atom. The SMILES string of the molecule is CCCCCCCC/C=C\CCCCCCC(C)C(C)(C)P. The average molecular weight is 327 g/mol. The van der Waals surface area contributed by atoms with Gasteiger partial charge in [0.05, 0.1) is 0 Å². The summed E-state index contributed by atoms with van der Waals surface area (Å²) >= 11 is 0. The topological polar surface area (TPSA) is 0 Å². The van der Waals surface area contributed by atoms with E-state index in [9.17, 15) is 0 Å². The fourth-order valence-electron chi connectivity index (χ4n) is 2.72. The number of unbranched alkanes of at least 4 members (excludes halogenated alkanes) is 10. The van der Waals surface area contributed by atoms with Gasteiger partial charge in [0, 0.05) is 0 Å². The molecule has 0 radical (unpaired) electrons. The average Bonchev–Trinajstić information content (AvgIpc) is 2.46. The molecule has 0 fully saturated rings. The molecule has 22 heavy (non-hydrogen) atoms. The normalized spacial score (nSPS) is 13.9. The number of allylic oxidation sites excluding steroid dienone is 2. The lowest BCUT2D eigenvalue weighted by atomic mass is 9.91. The molecule has 0 aromatic carbocycles. The van der Waals surface area contributed by atoms with Gasteiger partial charge in [-0.25, -0.2) is 0 Å². The van der Waals surface area contributed by atoms with E-state index in [1.165, 1.54) is 83.5 Å². The molecule has 0 aliphatic rings. The van der Waals surface area contributed by atoms with Crippen molar-refractivity contribution < 1.29 is 0 Å². The molecule has 1 heteroatoms. The Hall–Kier alpha value is 0.170. The summed E-state index contributed by atoms with van der Waals surface area (Å²) in [5.74, 6) is 0.815. The van der Waals surface area contributed by atoms with Crippen molar-refractivity contribution in [3.8, 4) is 0 Å². The van der Waals surface area contributed by atoms with E-state index in [4.69, 9.17) is 0 Å². The van der Waals surface area contributed by atoms with Crippen molar-refractivity contribution in [2.24, 2.45) is 5.92 Å². The Morgan fingerprint density at radius 2 is 1.23 bits per heavy atom. The molecule has 0 bridgehead atoms. The van der Waals surface area contributed by atoms with E-state index >= 15 is 0 Å². The molecule has 0 spiro atoms. The highest BCUT2D eigenvalue weighted by atomic mass is 31.0. The molecule has 2 atom stereocenters. The summed E-state index contributed by atoms with van der Waals surface area (Å²) in [6, 6.07) is 0. The number of rotatable bonds is 15. The molecule has 0 amide bonds. The quantitative estimate of drug-likeness (QED) is 0.163. The summed E-state index contributed by atoms with van der Waals surface area (Å²) in [7, 11) is 2.99. The van der Waals surface area contributed by atoms with Gasteiger partial charge in [0.2, 0.25) is 0 Å². The molecule has 0 aromatic rings. The first kappa shape index (κ1) is 22.2. The van der Waals surface area contributed by atoms with E-state index in [1.807, 2.05) is 0 Å². The van der Waals surface area contributed by atoms with Gasteiger partial charge in [-0.1, -0.05) is 91.2 Å². The molecule has 0 heterocycles. The maximum atomic E-state index is 2.99. The number of hydrogen-bond donors (Lipinski definition) is 0. The predicted molar refractivity (Wildman–Crippen MR) is 108 cm³/mol. The van der Waals surface area contributed by atoms with Crippen molar-refractivity contribution in [1.82, 2.24) is 0 Å². The second kappa shape index (κ2) is 14.7. The van der Waals surface area contributed by atoms with E-state index in [2.05, 4.69) is 49.1 Å². The van der Waals surface area contributed by atoms with Gasteiger partial charge >= 0.3 is 0 Å². The van der Waals surface area contributed by atoms with Crippen LogP contribution < -0.4 is 0 Å². The minimum atomic E-state index is 0.402. The fraction of sp³-hybridized carbons (Fsp3) is 0.905. The van der Waals surface area contributed by atoms with Gasteiger partial charge in [0.1, 0.15) is 0 Å². The maximum absolute atomic E-state index is 2.99. The Balaban J connectivity index is 3.24. The van der Waals surface area contributed by atoms with Crippen LogP contribution in [-0.2, 0) is 0 Å². The zero-order chi connectivity index (χ0) is 16.7. The highest BCUT2D eigenvalue weighted by molar-refractivity contribution is 7.18. The molecule has 0 rings (SSSR count). The van der Waals surface area contributed by atoms with Gasteiger partial charge < -0.3 is 0 Å². The Labute approximate surface area is 144 Å². The summed E-state index contributed by atoms with van der Waals surface area (Å²) in [4.78, 5) is 0. The minimum Gasteiger partial charge on any atom is -0.131 e. The van der Waals surface area contributed by atoms with Gasteiger partial charge in [-0.15, -0.1) is 9.24 Å². The summed E-state index contributed by atoms with van der Waals surface area (Å²) < 4.78 is 0. The van der Waals surface area contributed by atoms with Crippen molar-refractivity contribution >= 4 is 9.24 Å². The van der Waals surface area contributed by atoms with Crippen LogP contribution in [0.5, 0.6) is 0 Å². The molecule has 0 nitrogen and oxygen atoms in total. The molecule has 0 aliphatic carbocycles. The molecule has 0 aromatic heterocycles. The summed E-state index contributed by atoms with van der Waals surface area (Å²) in [5.41, 5.74) is 0. The highest BCUT2D eigenvalue weighted by Crippen LogP contribution is 2.30. The Bertz CT molecular complexity index is 249. The van der Waals surface area contributed by atoms with Crippen LogP contribution in [0.4, 0.5) is 0 Å². The van der Waals surface area contributed by atoms with Crippen LogP contribution in [0.1, 0.15) is 111 Å². The van der Waals surface area contributed by atoms with E-state index < -0.39 is 0 Å². The minimum absolute atomic E-state index is 0.402.